The van der Waals surface area contributed by atoms with Crippen LogP contribution >= 0.6 is 0 Å². The molecule has 4 aromatic rings. The summed E-state index contributed by atoms with van der Waals surface area (Å²) in [5, 5.41) is 13.0. The molecule has 4 rings (SSSR count). The number of fused-ring (bicyclic) bond motifs is 3. The molecule has 0 amide bonds. The van der Waals surface area contributed by atoms with E-state index in [1.165, 1.54) is 5.56 Å². The Morgan fingerprint density at radius 2 is 1.75 bits per heavy atom. The third-order valence-corrected chi connectivity index (χ3v) is 4.23. The number of anilines is 1. The number of benzene rings is 2. The van der Waals surface area contributed by atoms with Crippen LogP contribution in [0.25, 0.3) is 22.1 Å². The van der Waals surface area contributed by atoms with Crippen molar-refractivity contribution in [1.29, 1.82) is 0 Å². The number of aryl methyl sites for hydroxylation is 1. The largest absolute Gasteiger partial charge is 0.353 e. The quantitative estimate of drug-likeness (QED) is 0.610. The third-order valence-electron chi connectivity index (χ3n) is 4.23. The van der Waals surface area contributed by atoms with E-state index >= 15 is 0 Å². The molecule has 5 heteroatoms. The van der Waals surface area contributed by atoms with Crippen molar-refractivity contribution in [1.82, 2.24) is 19.7 Å². The molecule has 0 atom stereocenters. The minimum atomic E-state index is 0.580. The molecule has 0 radical (unpaired) electrons. The summed E-state index contributed by atoms with van der Waals surface area (Å²) in [6.45, 7) is 3.76. The van der Waals surface area contributed by atoms with Crippen molar-refractivity contribution in [2.75, 3.05) is 11.9 Å². The highest BCUT2D eigenvalue weighted by molar-refractivity contribution is 6.04. The average molecular weight is 317 g/mol. The van der Waals surface area contributed by atoms with Crippen molar-refractivity contribution < 1.29 is 0 Å². The van der Waals surface area contributed by atoms with E-state index in [1.807, 2.05) is 18.2 Å². The van der Waals surface area contributed by atoms with Gasteiger partial charge in [0, 0.05) is 18.5 Å². The number of rotatable bonds is 5. The third kappa shape index (κ3) is 2.58. The maximum Gasteiger partial charge on any atom is 0.244 e. The van der Waals surface area contributed by atoms with Gasteiger partial charge >= 0.3 is 0 Å². The van der Waals surface area contributed by atoms with Crippen molar-refractivity contribution in [3.8, 4) is 0 Å². The second-order valence-electron chi connectivity index (χ2n) is 5.73. The number of hydrogen-bond donors (Lipinski definition) is 1. The van der Waals surface area contributed by atoms with E-state index in [1.54, 1.807) is 0 Å². The zero-order chi connectivity index (χ0) is 16.4. The first kappa shape index (κ1) is 14.6. The summed E-state index contributed by atoms with van der Waals surface area (Å²) in [5.74, 6) is 0.580. The van der Waals surface area contributed by atoms with Gasteiger partial charge in [-0.1, -0.05) is 48.5 Å². The highest BCUT2D eigenvalue weighted by atomic mass is 15.3. The fourth-order valence-electron chi connectivity index (χ4n) is 3.06. The Hall–Kier alpha value is -2.95. The lowest BCUT2D eigenvalue weighted by Crippen LogP contribution is -2.09. The summed E-state index contributed by atoms with van der Waals surface area (Å²) in [4.78, 5) is 4.69. The molecule has 5 nitrogen and oxygen atoms in total. The Morgan fingerprint density at radius 1 is 0.958 bits per heavy atom. The molecule has 0 spiro atoms. The summed E-state index contributed by atoms with van der Waals surface area (Å²) < 4.78 is 2.18. The lowest BCUT2D eigenvalue weighted by Gasteiger charge is -2.05. The number of nitrogens with zero attached hydrogens (tertiary/aromatic N) is 4. The summed E-state index contributed by atoms with van der Waals surface area (Å²) in [6.07, 6.45) is 0.930. The van der Waals surface area contributed by atoms with Gasteiger partial charge in [-0.2, -0.15) is 4.98 Å². The van der Waals surface area contributed by atoms with Crippen LogP contribution in [0.15, 0.2) is 54.6 Å². The summed E-state index contributed by atoms with van der Waals surface area (Å²) in [7, 11) is 0. The Labute approximate surface area is 140 Å². The van der Waals surface area contributed by atoms with Crippen LogP contribution in [0, 0.1) is 0 Å². The fourth-order valence-corrected chi connectivity index (χ4v) is 3.06. The van der Waals surface area contributed by atoms with E-state index in [2.05, 4.69) is 63.4 Å². The molecule has 24 heavy (non-hydrogen) atoms. The maximum atomic E-state index is 4.69. The molecule has 2 heterocycles. The van der Waals surface area contributed by atoms with Crippen LogP contribution in [-0.4, -0.2) is 26.3 Å². The zero-order valence-electron chi connectivity index (χ0n) is 13.6. The molecule has 0 saturated heterocycles. The van der Waals surface area contributed by atoms with Crippen molar-refractivity contribution in [3.63, 3.8) is 0 Å². The molecule has 0 aliphatic carbocycles. The highest BCUT2D eigenvalue weighted by Gasteiger charge is 2.13. The standard InChI is InChI=1S/C19H19N5/c1-2-24-16-11-7-6-10-15(16)17-18(24)21-19(23-22-17)20-13-12-14-8-4-3-5-9-14/h3-11H,2,12-13H2,1H3,(H,20,21,23). The summed E-state index contributed by atoms with van der Waals surface area (Å²) >= 11 is 0. The molecule has 0 aliphatic heterocycles. The molecule has 0 unspecified atom stereocenters. The van der Waals surface area contributed by atoms with E-state index in [-0.39, 0.29) is 0 Å². The van der Waals surface area contributed by atoms with Crippen LogP contribution in [-0.2, 0) is 13.0 Å². The zero-order valence-corrected chi connectivity index (χ0v) is 13.6. The van der Waals surface area contributed by atoms with Crippen molar-refractivity contribution >= 4 is 28.0 Å². The highest BCUT2D eigenvalue weighted by Crippen LogP contribution is 2.25. The molecule has 0 saturated carbocycles. The van der Waals surface area contributed by atoms with Crippen LogP contribution < -0.4 is 5.32 Å². The monoisotopic (exact) mass is 317 g/mol. The first-order valence-corrected chi connectivity index (χ1v) is 8.26. The van der Waals surface area contributed by atoms with Gasteiger partial charge in [0.1, 0.15) is 5.52 Å². The Bertz CT molecular complexity index is 975. The summed E-state index contributed by atoms with van der Waals surface area (Å²) in [6, 6.07) is 18.6. The van der Waals surface area contributed by atoms with Gasteiger partial charge in [-0.05, 0) is 25.0 Å². The molecule has 0 fully saturated rings. The van der Waals surface area contributed by atoms with Gasteiger partial charge in [-0.15, -0.1) is 10.2 Å². The van der Waals surface area contributed by atoms with Gasteiger partial charge in [0.05, 0.1) is 5.52 Å². The van der Waals surface area contributed by atoms with Gasteiger partial charge in [0.15, 0.2) is 5.65 Å². The van der Waals surface area contributed by atoms with E-state index in [0.717, 1.165) is 41.6 Å². The van der Waals surface area contributed by atoms with Gasteiger partial charge in [0.25, 0.3) is 0 Å². The molecular weight excluding hydrogens is 298 g/mol. The normalized spacial score (nSPS) is 11.2. The minimum absolute atomic E-state index is 0.580. The van der Waals surface area contributed by atoms with Gasteiger partial charge < -0.3 is 9.88 Å². The van der Waals surface area contributed by atoms with Crippen molar-refractivity contribution in [2.24, 2.45) is 0 Å². The molecular formula is C19H19N5. The van der Waals surface area contributed by atoms with Gasteiger partial charge in [-0.3, -0.25) is 0 Å². The molecule has 0 bridgehead atoms. The number of para-hydroxylation sites is 1. The Balaban J connectivity index is 1.62. The van der Waals surface area contributed by atoms with Crippen LogP contribution in [0.5, 0.6) is 0 Å². The molecule has 1 N–H and O–H groups in total. The lowest BCUT2D eigenvalue weighted by molar-refractivity contribution is 0.810. The van der Waals surface area contributed by atoms with E-state index in [0.29, 0.717) is 5.95 Å². The Morgan fingerprint density at radius 3 is 2.58 bits per heavy atom. The van der Waals surface area contributed by atoms with Crippen LogP contribution in [0.3, 0.4) is 0 Å². The minimum Gasteiger partial charge on any atom is -0.353 e. The smallest absolute Gasteiger partial charge is 0.244 e. The predicted molar refractivity (Wildman–Crippen MR) is 97.1 cm³/mol. The second-order valence-corrected chi connectivity index (χ2v) is 5.73. The van der Waals surface area contributed by atoms with Crippen molar-refractivity contribution in [2.45, 2.75) is 19.9 Å². The Kier molecular flexibility index (Phi) is 3.83. The topological polar surface area (TPSA) is 55.6 Å². The maximum absolute atomic E-state index is 4.69. The number of hydrogen-bond acceptors (Lipinski definition) is 4. The predicted octanol–water partition coefficient (Wildman–Crippen LogP) is 3.65. The van der Waals surface area contributed by atoms with Crippen molar-refractivity contribution in [3.05, 3.63) is 60.2 Å². The molecule has 2 aromatic carbocycles. The first-order valence-electron chi connectivity index (χ1n) is 8.26. The number of aromatic nitrogens is 4. The fraction of sp³-hybridized carbons (Fsp3) is 0.211. The summed E-state index contributed by atoms with van der Waals surface area (Å²) in [5.41, 5.74) is 4.19. The lowest BCUT2D eigenvalue weighted by atomic mass is 10.1. The van der Waals surface area contributed by atoms with Gasteiger partial charge in [-0.25, -0.2) is 0 Å². The molecule has 120 valence electrons. The van der Waals surface area contributed by atoms with Crippen LogP contribution in [0.2, 0.25) is 0 Å². The van der Waals surface area contributed by atoms with Gasteiger partial charge in [0.2, 0.25) is 5.95 Å². The van der Waals surface area contributed by atoms with Crippen LogP contribution in [0.4, 0.5) is 5.95 Å². The number of nitrogens with one attached hydrogen (secondary N) is 1. The first-order chi connectivity index (χ1) is 11.9. The average Bonchev–Trinajstić information content (AvgIpc) is 2.95. The van der Waals surface area contributed by atoms with E-state index in [9.17, 15) is 0 Å². The van der Waals surface area contributed by atoms with E-state index in [4.69, 9.17) is 4.98 Å². The van der Waals surface area contributed by atoms with Crippen LogP contribution in [0.1, 0.15) is 12.5 Å². The SMILES string of the molecule is CCn1c2ccccc2c2nnc(NCCc3ccccc3)nc21. The molecule has 0 aliphatic rings. The molecule has 2 aromatic heterocycles. The van der Waals surface area contributed by atoms with E-state index < -0.39 is 0 Å². The second kappa shape index (κ2) is 6.28.